The average molecular weight is 392 g/mol. The Kier molecular flexibility index (Phi) is 6.26. The Hall–Kier alpha value is -2.01. The summed E-state index contributed by atoms with van der Waals surface area (Å²) in [5, 5.41) is 2.94. The summed E-state index contributed by atoms with van der Waals surface area (Å²) in [6, 6.07) is 11.6. The molecule has 0 aromatic heterocycles. The molecule has 2 aromatic rings. The number of hydrogen-bond donors (Lipinski definition) is 1. The number of methoxy groups -OCH3 is 1. The smallest absolute Gasteiger partial charge is 0.258 e. The summed E-state index contributed by atoms with van der Waals surface area (Å²) in [4.78, 5) is 12.1. The van der Waals surface area contributed by atoms with Crippen LogP contribution >= 0.6 is 15.9 Å². The van der Waals surface area contributed by atoms with Crippen LogP contribution < -0.4 is 14.8 Å². The van der Waals surface area contributed by atoms with Crippen LogP contribution in [0.25, 0.3) is 0 Å². The van der Waals surface area contributed by atoms with E-state index < -0.39 is 0 Å². The van der Waals surface area contributed by atoms with E-state index >= 15 is 0 Å². The van der Waals surface area contributed by atoms with Gasteiger partial charge in [-0.25, -0.2) is 0 Å². The first-order chi connectivity index (χ1) is 11.4. The molecule has 24 heavy (non-hydrogen) atoms. The largest absolute Gasteiger partial charge is 0.496 e. The lowest BCUT2D eigenvalue weighted by molar-refractivity contribution is -0.123. The minimum Gasteiger partial charge on any atom is -0.496 e. The molecule has 5 heteroatoms. The number of amides is 1. The maximum atomic E-state index is 12.1. The second-order valence-electron chi connectivity index (χ2n) is 5.74. The first-order valence-corrected chi connectivity index (χ1v) is 8.53. The molecule has 0 aliphatic carbocycles. The third-order valence-electron chi connectivity index (χ3n) is 3.76. The van der Waals surface area contributed by atoms with Crippen LogP contribution in [0.2, 0.25) is 0 Å². The van der Waals surface area contributed by atoms with E-state index in [1.807, 2.05) is 57.2 Å². The van der Waals surface area contributed by atoms with E-state index in [1.165, 1.54) is 0 Å². The van der Waals surface area contributed by atoms with E-state index in [2.05, 4.69) is 21.2 Å². The molecule has 1 unspecified atom stereocenters. The monoisotopic (exact) mass is 391 g/mol. The van der Waals surface area contributed by atoms with E-state index in [1.54, 1.807) is 7.11 Å². The standard InChI is InChI=1S/C19H22BrNO3/c1-12-5-6-13(2)18(9-12)24-11-19(22)21-14(3)15-7-8-17(23-4)16(20)10-15/h5-10,14H,11H2,1-4H3,(H,21,22). The SMILES string of the molecule is COc1ccc(C(C)NC(=O)COc2cc(C)ccc2C)cc1Br. The lowest BCUT2D eigenvalue weighted by atomic mass is 10.1. The predicted molar refractivity (Wildman–Crippen MR) is 98.7 cm³/mol. The van der Waals surface area contributed by atoms with Gasteiger partial charge in [0.2, 0.25) is 0 Å². The molecule has 4 nitrogen and oxygen atoms in total. The number of nitrogens with one attached hydrogen (secondary N) is 1. The zero-order valence-corrected chi connectivity index (χ0v) is 15.9. The van der Waals surface area contributed by atoms with Gasteiger partial charge < -0.3 is 14.8 Å². The molecular weight excluding hydrogens is 370 g/mol. The Labute approximate surface area is 151 Å². The zero-order valence-electron chi connectivity index (χ0n) is 14.4. The number of carbonyl (C=O) groups is 1. The highest BCUT2D eigenvalue weighted by Crippen LogP contribution is 2.28. The fraction of sp³-hybridized carbons (Fsp3) is 0.316. The fourth-order valence-electron chi connectivity index (χ4n) is 2.32. The lowest BCUT2D eigenvalue weighted by Crippen LogP contribution is -2.31. The van der Waals surface area contributed by atoms with Crippen LogP contribution in [-0.4, -0.2) is 19.6 Å². The van der Waals surface area contributed by atoms with Crippen molar-refractivity contribution in [1.82, 2.24) is 5.32 Å². The minimum absolute atomic E-state index is 0.00798. The molecule has 0 spiro atoms. The molecule has 1 atom stereocenters. The molecule has 0 saturated carbocycles. The van der Waals surface area contributed by atoms with Crippen LogP contribution in [0.3, 0.4) is 0 Å². The molecule has 0 heterocycles. The van der Waals surface area contributed by atoms with Gasteiger partial charge in [0, 0.05) is 0 Å². The Morgan fingerprint density at radius 3 is 2.58 bits per heavy atom. The van der Waals surface area contributed by atoms with E-state index in [9.17, 15) is 4.79 Å². The summed E-state index contributed by atoms with van der Waals surface area (Å²) >= 11 is 3.46. The van der Waals surface area contributed by atoms with Crippen LogP contribution in [0.4, 0.5) is 0 Å². The highest BCUT2D eigenvalue weighted by molar-refractivity contribution is 9.10. The maximum absolute atomic E-state index is 12.1. The fourth-order valence-corrected chi connectivity index (χ4v) is 2.88. The number of halogens is 1. The first kappa shape index (κ1) is 18.3. The molecule has 0 saturated heterocycles. The number of benzene rings is 2. The Bertz CT molecular complexity index is 731. The van der Waals surface area contributed by atoms with E-state index in [0.29, 0.717) is 0 Å². The van der Waals surface area contributed by atoms with Gasteiger partial charge in [-0.05, 0) is 71.6 Å². The van der Waals surface area contributed by atoms with Crippen molar-refractivity contribution in [2.45, 2.75) is 26.8 Å². The van der Waals surface area contributed by atoms with E-state index in [0.717, 1.165) is 32.7 Å². The van der Waals surface area contributed by atoms with Crippen LogP contribution in [0.15, 0.2) is 40.9 Å². The van der Waals surface area contributed by atoms with Gasteiger partial charge in [0.25, 0.3) is 5.91 Å². The van der Waals surface area contributed by atoms with Gasteiger partial charge in [0.1, 0.15) is 11.5 Å². The van der Waals surface area contributed by atoms with Gasteiger partial charge in [-0.3, -0.25) is 4.79 Å². The van der Waals surface area contributed by atoms with Crippen molar-refractivity contribution >= 4 is 21.8 Å². The van der Waals surface area contributed by atoms with Crippen LogP contribution in [0.1, 0.15) is 29.7 Å². The molecule has 0 fully saturated rings. The van der Waals surface area contributed by atoms with Crippen molar-refractivity contribution in [3.05, 3.63) is 57.6 Å². The van der Waals surface area contributed by atoms with Crippen molar-refractivity contribution in [1.29, 1.82) is 0 Å². The van der Waals surface area contributed by atoms with Crippen LogP contribution in [0.5, 0.6) is 11.5 Å². The molecule has 2 aromatic carbocycles. The summed E-state index contributed by atoms with van der Waals surface area (Å²) in [6.45, 7) is 5.89. The predicted octanol–water partition coefficient (Wildman–Crippen LogP) is 4.33. The normalized spacial score (nSPS) is 11.7. The third kappa shape index (κ3) is 4.74. The molecule has 2 rings (SSSR count). The van der Waals surface area contributed by atoms with Gasteiger partial charge >= 0.3 is 0 Å². The van der Waals surface area contributed by atoms with Gasteiger partial charge in [-0.1, -0.05) is 18.2 Å². The number of aryl methyl sites for hydroxylation is 2. The van der Waals surface area contributed by atoms with E-state index in [-0.39, 0.29) is 18.6 Å². The van der Waals surface area contributed by atoms with Crippen LogP contribution in [-0.2, 0) is 4.79 Å². The quantitative estimate of drug-likeness (QED) is 0.796. The Morgan fingerprint density at radius 2 is 1.92 bits per heavy atom. The van der Waals surface area contributed by atoms with Gasteiger partial charge in [-0.2, -0.15) is 0 Å². The summed E-state index contributed by atoms with van der Waals surface area (Å²) < 4.78 is 11.7. The summed E-state index contributed by atoms with van der Waals surface area (Å²) in [5.74, 6) is 1.34. The molecule has 128 valence electrons. The number of rotatable bonds is 6. The zero-order chi connectivity index (χ0) is 17.7. The summed E-state index contributed by atoms with van der Waals surface area (Å²) in [7, 11) is 1.62. The van der Waals surface area contributed by atoms with Gasteiger partial charge in [0.15, 0.2) is 6.61 Å². The Morgan fingerprint density at radius 1 is 1.17 bits per heavy atom. The third-order valence-corrected chi connectivity index (χ3v) is 4.38. The molecule has 0 radical (unpaired) electrons. The molecule has 0 bridgehead atoms. The van der Waals surface area contributed by atoms with Crippen LogP contribution in [0, 0.1) is 13.8 Å². The lowest BCUT2D eigenvalue weighted by Gasteiger charge is -2.16. The minimum atomic E-state index is -0.157. The summed E-state index contributed by atoms with van der Waals surface area (Å²) in [5.41, 5.74) is 3.11. The van der Waals surface area contributed by atoms with Crippen molar-refractivity contribution in [3.63, 3.8) is 0 Å². The first-order valence-electron chi connectivity index (χ1n) is 7.73. The van der Waals surface area contributed by atoms with Gasteiger partial charge in [0.05, 0.1) is 17.6 Å². The number of ether oxygens (including phenoxy) is 2. The highest BCUT2D eigenvalue weighted by atomic mass is 79.9. The van der Waals surface area contributed by atoms with Gasteiger partial charge in [-0.15, -0.1) is 0 Å². The molecule has 0 aliphatic heterocycles. The van der Waals surface area contributed by atoms with Crippen molar-refractivity contribution < 1.29 is 14.3 Å². The second-order valence-corrected chi connectivity index (χ2v) is 6.60. The number of carbonyl (C=O) groups excluding carboxylic acids is 1. The summed E-state index contributed by atoms with van der Waals surface area (Å²) in [6.07, 6.45) is 0. The van der Waals surface area contributed by atoms with Crippen molar-refractivity contribution in [2.24, 2.45) is 0 Å². The van der Waals surface area contributed by atoms with E-state index in [4.69, 9.17) is 9.47 Å². The molecular formula is C19H22BrNO3. The molecule has 1 N–H and O–H groups in total. The van der Waals surface area contributed by atoms with Crippen molar-refractivity contribution in [3.8, 4) is 11.5 Å². The topological polar surface area (TPSA) is 47.6 Å². The average Bonchev–Trinajstić information content (AvgIpc) is 2.55. The van der Waals surface area contributed by atoms with Crippen molar-refractivity contribution in [2.75, 3.05) is 13.7 Å². The number of hydrogen-bond acceptors (Lipinski definition) is 3. The highest BCUT2D eigenvalue weighted by Gasteiger charge is 2.12. The second kappa shape index (κ2) is 8.20. The molecule has 1 amide bonds. The maximum Gasteiger partial charge on any atom is 0.258 e. The Balaban J connectivity index is 1.94. The molecule has 0 aliphatic rings.